The van der Waals surface area contributed by atoms with Crippen LogP contribution in [0.25, 0.3) is 0 Å². The van der Waals surface area contributed by atoms with E-state index in [4.69, 9.17) is 5.73 Å². The molecule has 0 atom stereocenters. The molecule has 1 saturated carbocycles. The van der Waals surface area contributed by atoms with E-state index < -0.39 is 0 Å². The quantitative estimate of drug-likeness (QED) is 0.809. The lowest BCUT2D eigenvalue weighted by Gasteiger charge is -2.36. The Morgan fingerprint density at radius 2 is 1.96 bits per heavy atom. The fourth-order valence-corrected chi connectivity index (χ4v) is 4.22. The summed E-state index contributed by atoms with van der Waals surface area (Å²) in [5, 5.41) is 3.12. The molecule has 1 amide bonds. The van der Waals surface area contributed by atoms with Crippen LogP contribution >= 0.6 is 0 Å². The number of nitrogens with one attached hydrogen (secondary N) is 1. The second-order valence-electron chi connectivity index (χ2n) is 7.99. The molecule has 6 nitrogen and oxygen atoms in total. The fraction of sp³-hybridized carbons (Fsp3) is 0.700. The SMILES string of the molecule is CN1CCN(c2ncccc2CNC(=O)CC2(CN)CCCCC2)CC1. The zero-order valence-corrected chi connectivity index (χ0v) is 16.0. The van der Waals surface area contributed by atoms with Gasteiger partial charge in [0.2, 0.25) is 5.91 Å². The molecule has 1 aromatic heterocycles. The third kappa shape index (κ3) is 4.74. The van der Waals surface area contributed by atoms with Gasteiger partial charge in [0.15, 0.2) is 0 Å². The lowest BCUT2D eigenvalue weighted by atomic mass is 9.71. The van der Waals surface area contributed by atoms with Crippen LogP contribution in [-0.2, 0) is 11.3 Å². The van der Waals surface area contributed by atoms with Gasteiger partial charge in [-0.2, -0.15) is 0 Å². The third-order valence-corrected chi connectivity index (χ3v) is 6.03. The zero-order chi connectivity index (χ0) is 18.4. The Morgan fingerprint density at radius 1 is 1.23 bits per heavy atom. The minimum Gasteiger partial charge on any atom is -0.354 e. The predicted molar refractivity (Wildman–Crippen MR) is 105 cm³/mol. The number of nitrogens with two attached hydrogens (primary N) is 1. The lowest BCUT2D eigenvalue weighted by Crippen LogP contribution is -2.45. The molecule has 26 heavy (non-hydrogen) atoms. The van der Waals surface area contributed by atoms with E-state index in [2.05, 4.69) is 33.2 Å². The summed E-state index contributed by atoms with van der Waals surface area (Å²) in [6.45, 7) is 5.19. The highest BCUT2D eigenvalue weighted by Crippen LogP contribution is 2.38. The first-order valence-corrected chi connectivity index (χ1v) is 9.96. The Kier molecular flexibility index (Phi) is 6.48. The topological polar surface area (TPSA) is 74.5 Å². The van der Waals surface area contributed by atoms with Gasteiger partial charge in [-0.15, -0.1) is 0 Å². The summed E-state index contributed by atoms with van der Waals surface area (Å²) in [5.41, 5.74) is 7.13. The maximum Gasteiger partial charge on any atom is 0.220 e. The van der Waals surface area contributed by atoms with Crippen molar-refractivity contribution in [2.24, 2.45) is 11.1 Å². The second-order valence-corrected chi connectivity index (χ2v) is 7.99. The molecule has 1 aromatic rings. The Balaban J connectivity index is 1.58. The standard InChI is InChI=1S/C20H33N5O/c1-24-10-12-25(13-11-24)19-17(6-5-9-22-19)15-23-18(26)14-20(16-21)7-3-2-4-8-20/h5-6,9H,2-4,7-8,10-16,21H2,1H3,(H,23,26). The van der Waals surface area contributed by atoms with E-state index in [0.717, 1.165) is 50.4 Å². The van der Waals surface area contributed by atoms with Crippen LogP contribution in [0.2, 0.25) is 0 Å². The minimum atomic E-state index is 0.0115. The number of rotatable bonds is 6. The molecule has 3 N–H and O–H groups in total. The highest BCUT2D eigenvalue weighted by Gasteiger charge is 2.32. The first-order chi connectivity index (χ1) is 12.6. The van der Waals surface area contributed by atoms with E-state index in [1.165, 1.54) is 19.3 Å². The number of pyridine rings is 1. The van der Waals surface area contributed by atoms with Crippen LogP contribution in [0.4, 0.5) is 5.82 Å². The smallest absolute Gasteiger partial charge is 0.220 e. The number of aromatic nitrogens is 1. The van der Waals surface area contributed by atoms with Gasteiger partial charge in [-0.3, -0.25) is 4.79 Å². The molecule has 3 rings (SSSR count). The predicted octanol–water partition coefficient (Wildman–Crippen LogP) is 1.75. The van der Waals surface area contributed by atoms with Crippen molar-refractivity contribution in [3.05, 3.63) is 23.9 Å². The highest BCUT2D eigenvalue weighted by atomic mass is 16.1. The molecule has 0 radical (unpaired) electrons. The van der Waals surface area contributed by atoms with Crippen molar-refractivity contribution in [3.63, 3.8) is 0 Å². The Bertz CT molecular complexity index is 592. The molecule has 2 heterocycles. The summed E-state index contributed by atoms with van der Waals surface area (Å²) >= 11 is 0. The minimum absolute atomic E-state index is 0.0115. The van der Waals surface area contributed by atoms with Gasteiger partial charge in [0.25, 0.3) is 0 Å². The van der Waals surface area contributed by atoms with Crippen LogP contribution in [0.3, 0.4) is 0 Å². The number of carbonyl (C=O) groups excluding carboxylic acids is 1. The summed E-state index contributed by atoms with van der Waals surface area (Å²) in [4.78, 5) is 21.8. The molecule has 0 spiro atoms. The van der Waals surface area contributed by atoms with Crippen molar-refractivity contribution in [2.75, 3.05) is 44.7 Å². The lowest BCUT2D eigenvalue weighted by molar-refractivity contribution is -0.124. The number of hydrogen-bond donors (Lipinski definition) is 2. The average molecular weight is 360 g/mol. The molecular formula is C20H33N5O. The molecule has 0 aromatic carbocycles. The van der Waals surface area contributed by atoms with E-state index in [-0.39, 0.29) is 11.3 Å². The average Bonchev–Trinajstić information content (AvgIpc) is 2.68. The Hall–Kier alpha value is -1.66. The number of hydrogen-bond acceptors (Lipinski definition) is 5. The van der Waals surface area contributed by atoms with Crippen molar-refractivity contribution in [2.45, 2.75) is 45.1 Å². The highest BCUT2D eigenvalue weighted by molar-refractivity contribution is 5.77. The van der Waals surface area contributed by atoms with Gasteiger partial charge in [-0.1, -0.05) is 25.3 Å². The number of anilines is 1. The van der Waals surface area contributed by atoms with E-state index >= 15 is 0 Å². The molecule has 2 aliphatic rings. The van der Waals surface area contributed by atoms with Crippen molar-refractivity contribution in [1.29, 1.82) is 0 Å². The van der Waals surface area contributed by atoms with Gasteiger partial charge in [0, 0.05) is 50.9 Å². The van der Waals surface area contributed by atoms with Crippen molar-refractivity contribution in [3.8, 4) is 0 Å². The molecule has 1 aliphatic heterocycles. The van der Waals surface area contributed by atoms with Crippen LogP contribution in [0.15, 0.2) is 18.3 Å². The summed E-state index contributed by atoms with van der Waals surface area (Å²) in [6, 6.07) is 4.02. The largest absolute Gasteiger partial charge is 0.354 e. The maximum absolute atomic E-state index is 12.6. The maximum atomic E-state index is 12.6. The summed E-state index contributed by atoms with van der Waals surface area (Å²) in [7, 11) is 2.15. The van der Waals surface area contributed by atoms with E-state index in [9.17, 15) is 4.79 Å². The molecule has 2 fully saturated rings. The number of amides is 1. The summed E-state index contributed by atoms with van der Waals surface area (Å²) in [6.07, 6.45) is 8.21. The van der Waals surface area contributed by atoms with Crippen LogP contribution in [0, 0.1) is 5.41 Å². The summed E-state index contributed by atoms with van der Waals surface area (Å²) in [5.74, 6) is 1.12. The van der Waals surface area contributed by atoms with Gasteiger partial charge in [0.1, 0.15) is 5.82 Å². The van der Waals surface area contributed by atoms with E-state index in [0.29, 0.717) is 19.5 Å². The third-order valence-electron chi connectivity index (χ3n) is 6.03. The molecule has 144 valence electrons. The first kappa shape index (κ1) is 19.1. The van der Waals surface area contributed by atoms with Crippen LogP contribution in [-0.4, -0.2) is 55.6 Å². The van der Waals surface area contributed by atoms with Crippen LogP contribution in [0.1, 0.15) is 44.1 Å². The Morgan fingerprint density at radius 3 is 2.65 bits per heavy atom. The summed E-state index contributed by atoms with van der Waals surface area (Å²) < 4.78 is 0. The van der Waals surface area contributed by atoms with Gasteiger partial charge in [-0.05, 0) is 37.9 Å². The van der Waals surface area contributed by atoms with Crippen molar-refractivity contribution < 1.29 is 4.79 Å². The van der Waals surface area contributed by atoms with Crippen LogP contribution < -0.4 is 16.0 Å². The molecule has 6 heteroatoms. The van der Waals surface area contributed by atoms with Gasteiger partial charge >= 0.3 is 0 Å². The fourth-order valence-electron chi connectivity index (χ4n) is 4.22. The molecule has 0 unspecified atom stereocenters. The van der Waals surface area contributed by atoms with Crippen LogP contribution in [0.5, 0.6) is 0 Å². The van der Waals surface area contributed by atoms with Gasteiger partial charge in [-0.25, -0.2) is 4.98 Å². The van der Waals surface area contributed by atoms with E-state index in [1.54, 1.807) is 0 Å². The van der Waals surface area contributed by atoms with Gasteiger partial charge < -0.3 is 20.9 Å². The molecule has 0 bridgehead atoms. The number of nitrogens with zero attached hydrogens (tertiary/aromatic N) is 3. The van der Waals surface area contributed by atoms with E-state index in [1.807, 2.05) is 12.3 Å². The first-order valence-electron chi connectivity index (χ1n) is 9.96. The van der Waals surface area contributed by atoms with Crippen molar-refractivity contribution in [1.82, 2.24) is 15.2 Å². The van der Waals surface area contributed by atoms with Gasteiger partial charge in [0.05, 0.1) is 0 Å². The monoisotopic (exact) mass is 359 g/mol. The Labute approximate surface area is 157 Å². The number of piperazine rings is 1. The second kappa shape index (κ2) is 8.82. The number of likely N-dealkylation sites (N-methyl/N-ethyl adjacent to an activating group) is 1. The van der Waals surface area contributed by atoms with Crippen molar-refractivity contribution >= 4 is 11.7 Å². The molecule has 1 saturated heterocycles. The molecule has 1 aliphatic carbocycles. The number of carbonyl (C=O) groups is 1. The zero-order valence-electron chi connectivity index (χ0n) is 16.0. The normalized spacial score (nSPS) is 20.8. The molecular weight excluding hydrogens is 326 g/mol.